The van der Waals surface area contributed by atoms with E-state index in [0.29, 0.717) is 30.2 Å². The number of nitrogens with zero attached hydrogens (tertiary/aromatic N) is 1. The molecule has 2 aromatic carbocycles. The Morgan fingerprint density at radius 1 is 1.08 bits per heavy atom. The average Bonchev–Trinajstić information content (AvgIpc) is 2.60. The van der Waals surface area contributed by atoms with Crippen LogP contribution in [-0.2, 0) is 14.8 Å². The molecule has 1 N–H and O–H groups in total. The number of benzene rings is 2. The third kappa shape index (κ3) is 5.77. The highest BCUT2D eigenvalue weighted by molar-refractivity contribution is 7.92. The van der Waals surface area contributed by atoms with Gasteiger partial charge >= 0.3 is 0 Å². The van der Waals surface area contributed by atoms with Crippen LogP contribution >= 0.6 is 0 Å². The van der Waals surface area contributed by atoms with Crippen LogP contribution in [0.1, 0.15) is 19.8 Å². The summed E-state index contributed by atoms with van der Waals surface area (Å²) in [6.07, 6.45) is 1.78. The molecule has 0 aliphatic rings. The quantitative estimate of drug-likeness (QED) is 0.729. The first-order valence-electron chi connectivity index (χ1n) is 8.46. The van der Waals surface area contributed by atoms with Crippen LogP contribution in [0.3, 0.4) is 0 Å². The van der Waals surface area contributed by atoms with Crippen molar-refractivity contribution in [3.8, 4) is 5.75 Å². The van der Waals surface area contributed by atoms with E-state index in [1.54, 1.807) is 36.4 Å². The second-order valence-corrected chi connectivity index (χ2v) is 7.66. The molecule has 0 atom stereocenters. The van der Waals surface area contributed by atoms with Crippen molar-refractivity contribution in [1.29, 1.82) is 0 Å². The highest BCUT2D eigenvalue weighted by atomic mass is 32.2. The molecule has 1 amide bonds. The lowest BCUT2D eigenvalue weighted by molar-refractivity contribution is -0.116. The van der Waals surface area contributed by atoms with Gasteiger partial charge in [0.25, 0.3) is 0 Å². The fraction of sp³-hybridized carbons (Fsp3) is 0.316. The number of sulfonamides is 1. The Morgan fingerprint density at radius 3 is 2.38 bits per heavy atom. The largest absolute Gasteiger partial charge is 0.492 e. The van der Waals surface area contributed by atoms with Crippen LogP contribution in [0, 0.1) is 0 Å². The molecular formula is C19H24N2O4S. The number of nitrogens with one attached hydrogen (secondary N) is 1. The number of anilines is 2. The van der Waals surface area contributed by atoms with Crippen LogP contribution in [0.25, 0.3) is 0 Å². The van der Waals surface area contributed by atoms with Gasteiger partial charge in [-0.05, 0) is 37.6 Å². The van der Waals surface area contributed by atoms with E-state index < -0.39 is 10.0 Å². The third-order valence-electron chi connectivity index (χ3n) is 3.67. The van der Waals surface area contributed by atoms with E-state index >= 15 is 0 Å². The minimum Gasteiger partial charge on any atom is -0.492 e. The van der Waals surface area contributed by atoms with Crippen molar-refractivity contribution in [2.75, 3.05) is 29.0 Å². The van der Waals surface area contributed by atoms with Crippen LogP contribution in [-0.4, -0.2) is 33.7 Å². The van der Waals surface area contributed by atoms with E-state index in [1.807, 2.05) is 25.1 Å². The molecule has 2 aromatic rings. The van der Waals surface area contributed by atoms with Crippen molar-refractivity contribution < 1.29 is 17.9 Å². The molecule has 0 aromatic heterocycles. The van der Waals surface area contributed by atoms with Gasteiger partial charge in [-0.25, -0.2) is 8.42 Å². The second kappa shape index (κ2) is 9.24. The van der Waals surface area contributed by atoms with Crippen molar-refractivity contribution in [1.82, 2.24) is 0 Å². The van der Waals surface area contributed by atoms with Gasteiger partial charge in [0.15, 0.2) is 0 Å². The Balaban J connectivity index is 1.94. The molecule has 0 spiro atoms. The van der Waals surface area contributed by atoms with Gasteiger partial charge in [0.1, 0.15) is 5.75 Å². The first-order valence-corrected chi connectivity index (χ1v) is 10.3. The maximum atomic E-state index is 12.2. The maximum absolute atomic E-state index is 12.2. The number of amides is 1. The summed E-state index contributed by atoms with van der Waals surface area (Å²) in [6, 6.07) is 16.1. The predicted molar refractivity (Wildman–Crippen MR) is 104 cm³/mol. The number of rotatable bonds is 9. The topological polar surface area (TPSA) is 75.7 Å². The number of para-hydroxylation sites is 3. The van der Waals surface area contributed by atoms with Crippen molar-refractivity contribution in [2.24, 2.45) is 0 Å². The summed E-state index contributed by atoms with van der Waals surface area (Å²) in [4.78, 5) is 12.2. The van der Waals surface area contributed by atoms with Gasteiger partial charge in [-0.2, -0.15) is 0 Å². The summed E-state index contributed by atoms with van der Waals surface area (Å²) in [7, 11) is -3.41. The van der Waals surface area contributed by atoms with E-state index in [9.17, 15) is 13.2 Å². The first-order chi connectivity index (χ1) is 12.4. The summed E-state index contributed by atoms with van der Waals surface area (Å²) in [5.41, 5.74) is 1.21. The maximum Gasteiger partial charge on any atom is 0.232 e. The molecule has 0 unspecified atom stereocenters. The summed E-state index contributed by atoms with van der Waals surface area (Å²) in [6.45, 7) is 2.62. The normalized spacial score (nSPS) is 11.0. The minimum absolute atomic E-state index is 0.182. The smallest absolute Gasteiger partial charge is 0.232 e. The van der Waals surface area contributed by atoms with Gasteiger partial charge in [-0.15, -0.1) is 0 Å². The molecule has 0 fully saturated rings. The molecule has 0 aliphatic carbocycles. The molecule has 0 saturated heterocycles. The lowest BCUT2D eigenvalue weighted by Crippen LogP contribution is -2.31. The molecule has 26 heavy (non-hydrogen) atoms. The SMILES string of the molecule is CCOc1ccccc1NC(=O)CCCN(c1ccccc1)S(C)(=O)=O. The molecule has 140 valence electrons. The molecule has 0 radical (unpaired) electrons. The zero-order chi connectivity index (χ0) is 19.0. The van der Waals surface area contributed by atoms with E-state index in [-0.39, 0.29) is 18.9 Å². The Bertz CT molecular complexity index is 822. The average molecular weight is 376 g/mol. The number of hydrogen-bond acceptors (Lipinski definition) is 4. The fourth-order valence-electron chi connectivity index (χ4n) is 2.53. The van der Waals surface area contributed by atoms with E-state index in [0.717, 1.165) is 0 Å². The highest BCUT2D eigenvalue weighted by Crippen LogP contribution is 2.24. The summed E-state index contributed by atoms with van der Waals surface area (Å²) >= 11 is 0. The molecule has 6 nitrogen and oxygen atoms in total. The van der Waals surface area contributed by atoms with Gasteiger partial charge in [0.2, 0.25) is 15.9 Å². The van der Waals surface area contributed by atoms with Crippen LogP contribution in [0.2, 0.25) is 0 Å². The highest BCUT2D eigenvalue weighted by Gasteiger charge is 2.17. The van der Waals surface area contributed by atoms with Gasteiger partial charge < -0.3 is 10.1 Å². The number of carbonyl (C=O) groups excluding carboxylic acids is 1. The van der Waals surface area contributed by atoms with E-state index in [4.69, 9.17) is 4.74 Å². The van der Waals surface area contributed by atoms with Crippen LogP contribution in [0.15, 0.2) is 54.6 Å². The summed E-state index contributed by atoms with van der Waals surface area (Å²) < 4.78 is 30.8. The Kier molecular flexibility index (Phi) is 7.03. The van der Waals surface area contributed by atoms with Gasteiger partial charge in [0, 0.05) is 13.0 Å². The molecule has 2 rings (SSSR count). The van der Waals surface area contributed by atoms with Gasteiger partial charge in [-0.1, -0.05) is 30.3 Å². The molecule has 0 bridgehead atoms. The number of hydrogen-bond donors (Lipinski definition) is 1. The molecular weight excluding hydrogens is 352 g/mol. The lowest BCUT2D eigenvalue weighted by atomic mass is 10.2. The number of ether oxygens (including phenoxy) is 1. The molecule has 7 heteroatoms. The van der Waals surface area contributed by atoms with Crippen molar-refractivity contribution in [2.45, 2.75) is 19.8 Å². The lowest BCUT2D eigenvalue weighted by Gasteiger charge is -2.22. The van der Waals surface area contributed by atoms with Crippen LogP contribution in [0.4, 0.5) is 11.4 Å². The number of carbonyl (C=O) groups is 1. The minimum atomic E-state index is -3.41. The van der Waals surface area contributed by atoms with E-state index in [2.05, 4.69) is 5.32 Å². The summed E-state index contributed by atoms with van der Waals surface area (Å²) in [5.74, 6) is 0.434. The second-order valence-electron chi connectivity index (χ2n) is 5.75. The summed E-state index contributed by atoms with van der Waals surface area (Å²) in [5, 5.41) is 2.82. The molecule has 0 heterocycles. The Labute approximate surface area is 154 Å². The molecule has 0 saturated carbocycles. The van der Waals surface area contributed by atoms with Crippen LogP contribution in [0.5, 0.6) is 5.75 Å². The Morgan fingerprint density at radius 2 is 1.73 bits per heavy atom. The van der Waals surface area contributed by atoms with Gasteiger partial charge in [0.05, 0.1) is 24.2 Å². The molecule has 0 aliphatic heterocycles. The standard InChI is InChI=1S/C19H24N2O4S/c1-3-25-18-13-8-7-12-17(18)20-19(22)14-9-15-21(26(2,23)24)16-10-5-4-6-11-16/h4-8,10-13H,3,9,14-15H2,1-2H3,(H,20,22). The zero-order valence-corrected chi connectivity index (χ0v) is 15.8. The third-order valence-corrected chi connectivity index (χ3v) is 4.86. The first kappa shape index (κ1) is 19.8. The fourth-order valence-corrected chi connectivity index (χ4v) is 3.49. The monoisotopic (exact) mass is 376 g/mol. The zero-order valence-electron chi connectivity index (χ0n) is 15.0. The Hall–Kier alpha value is -2.54. The van der Waals surface area contributed by atoms with Crippen molar-refractivity contribution >= 4 is 27.3 Å². The van der Waals surface area contributed by atoms with Crippen molar-refractivity contribution in [3.63, 3.8) is 0 Å². The van der Waals surface area contributed by atoms with Gasteiger partial charge in [-0.3, -0.25) is 9.10 Å². The predicted octanol–water partition coefficient (Wildman–Crippen LogP) is 3.27. The van der Waals surface area contributed by atoms with Crippen molar-refractivity contribution in [3.05, 3.63) is 54.6 Å². The van der Waals surface area contributed by atoms with E-state index in [1.165, 1.54) is 10.6 Å². The van der Waals surface area contributed by atoms with Crippen LogP contribution < -0.4 is 14.4 Å².